The molecule has 0 heterocycles. The summed E-state index contributed by atoms with van der Waals surface area (Å²) in [4.78, 5) is 36.7. The molecule has 0 aromatic heterocycles. The first-order valence-corrected chi connectivity index (χ1v) is 11.2. The van der Waals surface area contributed by atoms with E-state index in [1.54, 1.807) is 30.3 Å². The van der Waals surface area contributed by atoms with Crippen molar-refractivity contribution in [3.05, 3.63) is 88.5 Å². The van der Waals surface area contributed by atoms with Crippen LogP contribution >= 0.6 is 11.6 Å². The van der Waals surface area contributed by atoms with Gasteiger partial charge < -0.3 is 24.8 Å². The number of ether oxygens (including phenoxy) is 3. The summed E-state index contributed by atoms with van der Waals surface area (Å²) < 4.78 is 15.5. The molecule has 0 saturated heterocycles. The second-order valence-corrected chi connectivity index (χ2v) is 7.85. The molecule has 0 spiro atoms. The van der Waals surface area contributed by atoms with E-state index in [1.807, 2.05) is 6.07 Å². The Morgan fingerprint density at radius 2 is 1.70 bits per heavy atom. The predicted octanol–water partition coefficient (Wildman–Crippen LogP) is 4.70. The Morgan fingerprint density at radius 1 is 0.973 bits per heavy atom. The molecule has 0 atom stereocenters. The van der Waals surface area contributed by atoms with Gasteiger partial charge in [-0.15, -0.1) is 0 Å². The molecule has 0 aliphatic rings. The molecule has 0 aliphatic carbocycles. The molecule has 9 nitrogen and oxygen atoms in total. The van der Waals surface area contributed by atoms with Gasteiger partial charge >= 0.3 is 5.97 Å². The van der Waals surface area contributed by atoms with Crippen molar-refractivity contribution < 1.29 is 28.6 Å². The van der Waals surface area contributed by atoms with Gasteiger partial charge in [-0.2, -0.15) is 5.26 Å². The number of halogens is 1. The molecular weight excluding hydrogens is 498 g/mol. The highest BCUT2D eigenvalue weighted by atomic mass is 35.5. The number of para-hydroxylation sites is 2. The summed E-state index contributed by atoms with van der Waals surface area (Å²) in [6.07, 6.45) is 1.30. The molecule has 37 heavy (non-hydrogen) atoms. The third-order valence-electron chi connectivity index (χ3n) is 4.94. The fourth-order valence-electron chi connectivity index (χ4n) is 3.15. The molecule has 2 amide bonds. The van der Waals surface area contributed by atoms with Gasteiger partial charge in [-0.1, -0.05) is 23.7 Å². The minimum absolute atomic E-state index is 0.234. The van der Waals surface area contributed by atoms with Crippen molar-refractivity contribution in [1.82, 2.24) is 0 Å². The molecule has 10 heteroatoms. The average Bonchev–Trinajstić information content (AvgIpc) is 2.91. The van der Waals surface area contributed by atoms with E-state index in [9.17, 15) is 19.6 Å². The molecule has 2 N–H and O–H groups in total. The number of nitrogens with one attached hydrogen (secondary N) is 2. The highest BCUT2D eigenvalue weighted by molar-refractivity contribution is 6.30. The summed E-state index contributed by atoms with van der Waals surface area (Å²) >= 11 is 6.11. The van der Waals surface area contributed by atoms with E-state index in [4.69, 9.17) is 21.1 Å². The lowest BCUT2D eigenvalue weighted by atomic mass is 10.1. The molecule has 0 fully saturated rings. The fraction of sp³-hybridized carbons (Fsp3) is 0.111. The van der Waals surface area contributed by atoms with Crippen molar-refractivity contribution in [3.8, 4) is 17.6 Å². The van der Waals surface area contributed by atoms with Gasteiger partial charge in [0.1, 0.15) is 23.1 Å². The molecule has 3 aromatic carbocycles. The highest BCUT2D eigenvalue weighted by Crippen LogP contribution is 2.27. The summed E-state index contributed by atoms with van der Waals surface area (Å²) in [5, 5.41) is 15.2. The van der Waals surface area contributed by atoms with Gasteiger partial charge in [0.15, 0.2) is 6.61 Å². The molecule has 0 saturated carbocycles. The molecule has 0 radical (unpaired) electrons. The van der Waals surface area contributed by atoms with E-state index in [0.29, 0.717) is 33.3 Å². The molecule has 0 aliphatic heterocycles. The molecule has 3 aromatic rings. The van der Waals surface area contributed by atoms with Crippen molar-refractivity contribution in [2.45, 2.75) is 0 Å². The summed E-state index contributed by atoms with van der Waals surface area (Å²) in [5.41, 5.74) is 1.26. The standard InChI is InChI=1S/C27H22ClN3O6/c1-35-24-6-4-3-5-22(24)31-25(32)16-37-23-12-9-20(28)14-18(23)13-19(15-29)26(33)30-21-10-7-17(8-11-21)27(34)36-2/h3-14H,16H2,1-2H3,(H,30,33)(H,31,32)/b19-13-. The van der Waals surface area contributed by atoms with Gasteiger partial charge in [0, 0.05) is 16.3 Å². The molecule has 3 rings (SSSR count). The van der Waals surface area contributed by atoms with Crippen molar-refractivity contribution in [2.75, 3.05) is 31.5 Å². The van der Waals surface area contributed by atoms with E-state index in [0.717, 1.165) is 0 Å². The second-order valence-electron chi connectivity index (χ2n) is 7.41. The van der Waals surface area contributed by atoms with Crippen LogP contribution in [0, 0.1) is 11.3 Å². The Balaban J connectivity index is 1.73. The SMILES string of the molecule is COC(=O)c1ccc(NC(=O)/C(C#N)=C\c2cc(Cl)ccc2OCC(=O)Nc2ccccc2OC)cc1. The zero-order valence-corrected chi connectivity index (χ0v) is 20.7. The third kappa shape index (κ3) is 7.34. The van der Waals surface area contributed by atoms with E-state index in [-0.39, 0.29) is 17.9 Å². The number of benzene rings is 3. The van der Waals surface area contributed by atoms with Crippen molar-refractivity contribution in [1.29, 1.82) is 5.26 Å². The van der Waals surface area contributed by atoms with Gasteiger partial charge in [-0.05, 0) is 60.7 Å². The maximum atomic E-state index is 12.7. The first kappa shape index (κ1) is 26.8. The zero-order chi connectivity index (χ0) is 26.8. The fourth-order valence-corrected chi connectivity index (χ4v) is 3.33. The lowest BCUT2D eigenvalue weighted by Gasteiger charge is -2.12. The van der Waals surface area contributed by atoms with Crippen LogP contribution in [0.2, 0.25) is 5.02 Å². The van der Waals surface area contributed by atoms with Gasteiger partial charge in [0.25, 0.3) is 11.8 Å². The number of methoxy groups -OCH3 is 2. The van der Waals surface area contributed by atoms with Gasteiger partial charge in [-0.3, -0.25) is 9.59 Å². The Labute approximate surface area is 218 Å². The summed E-state index contributed by atoms with van der Waals surface area (Å²) in [6, 6.07) is 19.3. The van der Waals surface area contributed by atoms with Crippen LogP contribution < -0.4 is 20.1 Å². The monoisotopic (exact) mass is 519 g/mol. The van der Waals surface area contributed by atoms with Crippen molar-refractivity contribution in [3.63, 3.8) is 0 Å². The van der Waals surface area contributed by atoms with Crippen LogP contribution in [0.4, 0.5) is 11.4 Å². The van der Waals surface area contributed by atoms with E-state index >= 15 is 0 Å². The Hall–Kier alpha value is -4.81. The molecule has 0 bridgehead atoms. The Bertz CT molecular complexity index is 1380. The maximum absolute atomic E-state index is 12.7. The first-order valence-electron chi connectivity index (χ1n) is 10.8. The van der Waals surface area contributed by atoms with Gasteiger partial charge in [0.2, 0.25) is 0 Å². The number of nitrogens with zero attached hydrogens (tertiary/aromatic N) is 1. The summed E-state index contributed by atoms with van der Waals surface area (Å²) in [7, 11) is 2.76. The second kappa shape index (κ2) is 12.8. The van der Waals surface area contributed by atoms with Crippen LogP contribution in [0.25, 0.3) is 6.08 Å². The molecule has 0 unspecified atom stereocenters. The van der Waals surface area contributed by atoms with E-state index < -0.39 is 17.8 Å². The Kier molecular flexibility index (Phi) is 9.24. The van der Waals surface area contributed by atoms with Gasteiger partial charge in [-0.25, -0.2) is 4.79 Å². The van der Waals surface area contributed by atoms with Crippen molar-refractivity contribution >= 4 is 46.8 Å². The Morgan fingerprint density at radius 3 is 2.38 bits per heavy atom. The quantitative estimate of drug-likeness (QED) is 0.238. The van der Waals surface area contributed by atoms with Gasteiger partial charge in [0.05, 0.1) is 25.5 Å². The minimum atomic E-state index is -0.687. The van der Waals surface area contributed by atoms with Crippen molar-refractivity contribution in [2.24, 2.45) is 0 Å². The maximum Gasteiger partial charge on any atom is 0.337 e. The number of esters is 1. The topological polar surface area (TPSA) is 127 Å². The van der Waals surface area contributed by atoms with Crippen LogP contribution in [0.1, 0.15) is 15.9 Å². The van der Waals surface area contributed by atoms with Crippen LogP contribution in [0.5, 0.6) is 11.5 Å². The lowest BCUT2D eigenvalue weighted by molar-refractivity contribution is -0.118. The number of carbonyl (C=O) groups excluding carboxylic acids is 3. The highest BCUT2D eigenvalue weighted by Gasteiger charge is 2.14. The average molecular weight is 520 g/mol. The number of anilines is 2. The third-order valence-corrected chi connectivity index (χ3v) is 5.18. The number of hydrogen-bond acceptors (Lipinski definition) is 7. The number of nitriles is 1. The van der Waals surface area contributed by atoms with Crippen LogP contribution in [0.15, 0.2) is 72.3 Å². The summed E-state index contributed by atoms with van der Waals surface area (Å²) in [5.74, 6) is -0.908. The van der Waals surface area contributed by atoms with Crippen LogP contribution in [-0.4, -0.2) is 38.6 Å². The first-order chi connectivity index (χ1) is 17.8. The zero-order valence-electron chi connectivity index (χ0n) is 19.9. The minimum Gasteiger partial charge on any atom is -0.495 e. The van der Waals surface area contributed by atoms with Crippen LogP contribution in [-0.2, 0) is 14.3 Å². The number of amides is 2. The van der Waals surface area contributed by atoms with E-state index in [1.165, 1.54) is 56.7 Å². The van der Waals surface area contributed by atoms with Crippen LogP contribution in [0.3, 0.4) is 0 Å². The number of hydrogen-bond donors (Lipinski definition) is 2. The predicted molar refractivity (Wildman–Crippen MR) is 139 cm³/mol. The normalized spacial score (nSPS) is 10.6. The molecular formula is C27H22ClN3O6. The largest absolute Gasteiger partial charge is 0.495 e. The number of carbonyl (C=O) groups is 3. The summed E-state index contributed by atoms with van der Waals surface area (Å²) in [6.45, 7) is -0.346. The lowest BCUT2D eigenvalue weighted by Crippen LogP contribution is -2.20. The number of rotatable bonds is 9. The van der Waals surface area contributed by atoms with E-state index in [2.05, 4.69) is 15.4 Å². The smallest absolute Gasteiger partial charge is 0.337 e. The molecule has 188 valence electrons.